The van der Waals surface area contributed by atoms with Crippen LogP contribution in [0.4, 0.5) is 0 Å². The molecule has 0 bridgehead atoms. The highest BCUT2D eigenvalue weighted by molar-refractivity contribution is 5.15. The van der Waals surface area contributed by atoms with Crippen molar-refractivity contribution in [3.05, 3.63) is 35.9 Å². The van der Waals surface area contributed by atoms with Crippen LogP contribution in [0.25, 0.3) is 0 Å². The average Bonchev–Trinajstić information content (AvgIpc) is 2.47. The number of nitrogens with zero attached hydrogens (tertiary/aromatic N) is 1. The van der Waals surface area contributed by atoms with Crippen LogP contribution in [-0.2, 0) is 6.42 Å². The molecule has 1 aromatic rings. The molecule has 0 aliphatic carbocycles. The Morgan fingerprint density at radius 3 is 2.53 bits per heavy atom. The van der Waals surface area contributed by atoms with Gasteiger partial charge in [-0.05, 0) is 31.7 Å². The van der Waals surface area contributed by atoms with Gasteiger partial charge in [-0.3, -0.25) is 4.90 Å². The first-order chi connectivity index (χ1) is 9.20. The molecule has 0 amide bonds. The van der Waals surface area contributed by atoms with Gasteiger partial charge in [-0.15, -0.1) is 0 Å². The maximum absolute atomic E-state index is 3.66. The van der Waals surface area contributed by atoms with Gasteiger partial charge in [-0.2, -0.15) is 0 Å². The van der Waals surface area contributed by atoms with Crippen LogP contribution in [-0.4, -0.2) is 36.1 Å². The van der Waals surface area contributed by atoms with E-state index in [1.807, 2.05) is 0 Å². The lowest BCUT2D eigenvalue weighted by atomic mass is 9.87. The van der Waals surface area contributed by atoms with Gasteiger partial charge in [0.05, 0.1) is 0 Å². The molecule has 1 aliphatic rings. The minimum absolute atomic E-state index is 0.362. The summed E-state index contributed by atoms with van der Waals surface area (Å²) < 4.78 is 0. The molecule has 1 atom stereocenters. The SMILES string of the molecule is CCC1(CC)CNC(C)CN1CCc1ccccc1. The van der Waals surface area contributed by atoms with Gasteiger partial charge in [0.2, 0.25) is 0 Å². The summed E-state index contributed by atoms with van der Waals surface area (Å²) in [6, 6.07) is 11.5. The third-order valence-corrected chi connectivity index (χ3v) is 4.77. The third-order valence-electron chi connectivity index (χ3n) is 4.77. The van der Waals surface area contributed by atoms with Crippen molar-refractivity contribution in [3.8, 4) is 0 Å². The van der Waals surface area contributed by atoms with Crippen LogP contribution in [0.15, 0.2) is 30.3 Å². The smallest absolute Gasteiger partial charge is 0.0329 e. The molecular formula is C17H28N2. The molecule has 0 spiro atoms. The van der Waals surface area contributed by atoms with E-state index in [2.05, 4.69) is 61.3 Å². The number of hydrogen-bond donors (Lipinski definition) is 1. The lowest BCUT2D eigenvalue weighted by Gasteiger charge is -2.49. The highest BCUT2D eigenvalue weighted by atomic mass is 15.3. The summed E-state index contributed by atoms with van der Waals surface area (Å²) in [6.07, 6.45) is 3.63. The molecule has 2 heteroatoms. The van der Waals surface area contributed by atoms with Gasteiger partial charge in [-0.25, -0.2) is 0 Å². The average molecular weight is 260 g/mol. The van der Waals surface area contributed by atoms with Crippen molar-refractivity contribution in [2.75, 3.05) is 19.6 Å². The minimum Gasteiger partial charge on any atom is -0.311 e. The molecule has 1 N–H and O–H groups in total. The first-order valence-electron chi connectivity index (χ1n) is 7.72. The number of rotatable bonds is 5. The maximum Gasteiger partial charge on any atom is 0.0329 e. The Hall–Kier alpha value is -0.860. The summed E-state index contributed by atoms with van der Waals surface area (Å²) in [7, 11) is 0. The van der Waals surface area contributed by atoms with Crippen LogP contribution >= 0.6 is 0 Å². The normalized spacial score (nSPS) is 23.4. The van der Waals surface area contributed by atoms with Gasteiger partial charge in [0.25, 0.3) is 0 Å². The molecule has 2 rings (SSSR count). The van der Waals surface area contributed by atoms with Crippen molar-refractivity contribution in [2.45, 2.75) is 51.6 Å². The van der Waals surface area contributed by atoms with E-state index in [4.69, 9.17) is 0 Å². The second-order valence-corrected chi connectivity index (χ2v) is 5.90. The number of nitrogens with one attached hydrogen (secondary N) is 1. The second-order valence-electron chi connectivity index (χ2n) is 5.90. The van der Waals surface area contributed by atoms with Crippen LogP contribution in [0.3, 0.4) is 0 Å². The quantitative estimate of drug-likeness (QED) is 0.875. The Balaban J connectivity index is 2.02. The molecule has 1 unspecified atom stereocenters. The molecular weight excluding hydrogens is 232 g/mol. The van der Waals surface area contributed by atoms with Crippen molar-refractivity contribution in [2.24, 2.45) is 0 Å². The molecule has 0 radical (unpaired) electrons. The molecule has 0 aromatic heterocycles. The molecule has 106 valence electrons. The summed E-state index contributed by atoms with van der Waals surface area (Å²) in [5.41, 5.74) is 1.82. The first-order valence-corrected chi connectivity index (χ1v) is 7.72. The molecule has 1 aromatic carbocycles. The fraction of sp³-hybridized carbons (Fsp3) is 0.647. The zero-order valence-corrected chi connectivity index (χ0v) is 12.7. The molecule has 19 heavy (non-hydrogen) atoms. The van der Waals surface area contributed by atoms with Crippen LogP contribution in [0, 0.1) is 0 Å². The van der Waals surface area contributed by atoms with Crippen LogP contribution in [0.5, 0.6) is 0 Å². The zero-order chi connectivity index (χ0) is 13.7. The Morgan fingerprint density at radius 2 is 1.89 bits per heavy atom. The van der Waals surface area contributed by atoms with Gasteiger partial charge in [-0.1, -0.05) is 44.2 Å². The number of piperazine rings is 1. The molecule has 1 saturated heterocycles. The summed E-state index contributed by atoms with van der Waals surface area (Å²) in [6.45, 7) is 10.4. The van der Waals surface area contributed by atoms with Gasteiger partial charge in [0.1, 0.15) is 0 Å². The standard InChI is InChI=1S/C17H28N2/c1-4-17(5-2)14-18-15(3)13-19(17)12-11-16-9-7-6-8-10-16/h6-10,15,18H,4-5,11-14H2,1-3H3. The van der Waals surface area contributed by atoms with Crippen molar-refractivity contribution < 1.29 is 0 Å². The Bertz CT molecular complexity index is 370. The number of benzene rings is 1. The van der Waals surface area contributed by atoms with E-state index >= 15 is 0 Å². The van der Waals surface area contributed by atoms with E-state index in [-0.39, 0.29) is 0 Å². The first kappa shape index (κ1) is 14.5. The predicted octanol–water partition coefficient (Wildman–Crippen LogP) is 3.08. The van der Waals surface area contributed by atoms with Crippen LogP contribution in [0.2, 0.25) is 0 Å². The van der Waals surface area contributed by atoms with E-state index in [1.165, 1.54) is 31.5 Å². The van der Waals surface area contributed by atoms with Crippen LogP contribution < -0.4 is 5.32 Å². The van der Waals surface area contributed by atoms with E-state index in [9.17, 15) is 0 Å². The Morgan fingerprint density at radius 1 is 1.21 bits per heavy atom. The lowest BCUT2D eigenvalue weighted by molar-refractivity contribution is 0.0360. The fourth-order valence-corrected chi connectivity index (χ4v) is 3.25. The highest BCUT2D eigenvalue weighted by Gasteiger charge is 2.37. The van der Waals surface area contributed by atoms with Gasteiger partial charge in [0.15, 0.2) is 0 Å². The van der Waals surface area contributed by atoms with E-state index in [0.717, 1.165) is 13.0 Å². The summed E-state index contributed by atoms with van der Waals surface area (Å²) in [5, 5.41) is 3.66. The largest absolute Gasteiger partial charge is 0.311 e. The minimum atomic E-state index is 0.362. The van der Waals surface area contributed by atoms with Crippen molar-refractivity contribution in [1.29, 1.82) is 0 Å². The highest BCUT2D eigenvalue weighted by Crippen LogP contribution is 2.27. The van der Waals surface area contributed by atoms with E-state index < -0.39 is 0 Å². The maximum atomic E-state index is 3.66. The lowest BCUT2D eigenvalue weighted by Crippen LogP contribution is -2.63. The molecule has 0 saturated carbocycles. The Kier molecular flexibility index (Phi) is 5.00. The molecule has 1 fully saturated rings. The third kappa shape index (κ3) is 3.37. The van der Waals surface area contributed by atoms with E-state index in [0.29, 0.717) is 11.6 Å². The number of hydrogen-bond acceptors (Lipinski definition) is 2. The van der Waals surface area contributed by atoms with Gasteiger partial charge in [0, 0.05) is 31.2 Å². The van der Waals surface area contributed by atoms with E-state index in [1.54, 1.807) is 0 Å². The van der Waals surface area contributed by atoms with Crippen molar-refractivity contribution in [1.82, 2.24) is 10.2 Å². The molecule has 1 heterocycles. The fourth-order valence-electron chi connectivity index (χ4n) is 3.25. The summed E-state index contributed by atoms with van der Waals surface area (Å²) in [4.78, 5) is 2.72. The summed E-state index contributed by atoms with van der Waals surface area (Å²) in [5.74, 6) is 0. The second kappa shape index (κ2) is 6.53. The van der Waals surface area contributed by atoms with Gasteiger partial charge < -0.3 is 5.32 Å². The zero-order valence-electron chi connectivity index (χ0n) is 12.7. The van der Waals surface area contributed by atoms with Crippen LogP contribution in [0.1, 0.15) is 39.2 Å². The monoisotopic (exact) mass is 260 g/mol. The topological polar surface area (TPSA) is 15.3 Å². The van der Waals surface area contributed by atoms with Gasteiger partial charge >= 0.3 is 0 Å². The molecule has 1 aliphatic heterocycles. The summed E-state index contributed by atoms with van der Waals surface area (Å²) >= 11 is 0. The van der Waals surface area contributed by atoms with Crippen molar-refractivity contribution >= 4 is 0 Å². The predicted molar refractivity (Wildman–Crippen MR) is 82.5 cm³/mol. The molecule has 2 nitrogen and oxygen atoms in total. The van der Waals surface area contributed by atoms with Crippen molar-refractivity contribution in [3.63, 3.8) is 0 Å². The Labute approximate surface area is 118 Å².